The van der Waals surface area contributed by atoms with Gasteiger partial charge in [0, 0.05) is 24.9 Å². The molecule has 0 aromatic carbocycles. The molecule has 0 atom stereocenters. The third-order valence-corrected chi connectivity index (χ3v) is 2.53. The van der Waals surface area contributed by atoms with Gasteiger partial charge in [-0.15, -0.1) is 0 Å². The zero-order chi connectivity index (χ0) is 14.8. The van der Waals surface area contributed by atoms with Crippen LogP contribution in [-0.2, 0) is 4.79 Å². The number of nitrogens with one attached hydrogen (secondary N) is 2. The van der Waals surface area contributed by atoms with Crippen LogP contribution in [0.25, 0.3) is 17.1 Å². The van der Waals surface area contributed by atoms with Crippen LogP contribution < -0.4 is 10.1 Å². The second-order valence-electron chi connectivity index (χ2n) is 5.31. The van der Waals surface area contributed by atoms with Gasteiger partial charge in [0.15, 0.2) is 0 Å². The zero-order valence-electron chi connectivity index (χ0n) is 12.0. The van der Waals surface area contributed by atoms with E-state index in [0.717, 1.165) is 10.9 Å². The normalized spacial score (nSPS) is 12.0. The fourth-order valence-electron chi connectivity index (χ4n) is 1.70. The molecule has 0 bridgehead atoms. The SMILES string of the molecule is CNC(=O)/C=C/c1c[nH]c2ncnc(OC(C)(C)C)c12. The van der Waals surface area contributed by atoms with Gasteiger partial charge < -0.3 is 15.0 Å². The zero-order valence-corrected chi connectivity index (χ0v) is 12.0. The molecule has 0 saturated carbocycles. The van der Waals surface area contributed by atoms with Crippen LogP contribution in [0.4, 0.5) is 0 Å². The molecular weight excluding hydrogens is 256 g/mol. The van der Waals surface area contributed by atoms with E-state index in [1.807, 2.05) is 20.8 Å². The van der Waals surface area contributed by atoms with Crippen molar-refractivity contribution in [3.63, 3.8) is 0 Å². The first-order valence-electron chi connectivity index (χ1n) is 6.31. The third kappa shape index (κ3) is 3.14. The number of hydrogen-bond acceptors (Lipinski definition) is 4. The quantitative estimate of drug-likeness (QED) is 0.838. The predicted molar refractivity (Wildman–Crippen MR) is 77.4 cm³/mol. The molecule has 0 spiro atoms. The molecule has 2 heterocycles. The number of amides is 1. The highest BCUT2D eigenvalue weighted by molar-refractivity contribution is 5.96. The summed E-state index contributed by atoms with van der Waals surface area (Å²) in [6, 6.07) is 0. The maximum absolute atomic E-state index is 11.3. The minimum absolute atomic E-state index is 0.172. The monoisotopic (exact) mass is 274 g/mol. The Kier molecular flexibility index (Phi) is 3.74. The Morgan fingerprint density at radius 3 is 2.80 bits per heavy atom. The smallest absolute Gasteiger partial charge is 0.243 e. The van der Waals surface area contributed by atoms with Gasteiger partial charge in [0.1, 0.15) is 17.6 Å². The van der Waals surface area contributed by atoms with E-state index < -0.39 is 0 Å². The summed E-state index contributed by atoms with van der Waals surface area (Å²) >= 11 is 0. The molecule has 20 heavy (non-hydrogen) atoms. The Balaban J connectivity index is 2.46. The molecule has 6 nitrogen and oxygen atoms in total. The molecule has 0 saturated heterocycles. The lowest BCUT2D eigenvalue weighted by atomic mass is 10.2. The van der Waals surface area contributed by atoms with Crippen LogP contribution in [-0.4, -0.2) is 33.5 Å². The molecule has 2 rings (SSSR count). The van der Waals surface area contributed by atoms with E-state index in [-0.39, 0.29) is 11.5 Å². The molecule has 0 radical (unpaired) electrons. The fraction of sp³-hybridized carbons (Fsp3) is 0.357. The van der Waals surface area contributed by atoms with Crippen molar-refractivity contribution in [1.29, 1.82) is 0 Å². The second kappa shape index (κ2) is 5.32. The van der Waals surface area contributed by atoms with Gasteiger partial charge in [-0.05, 0) is 26.8 Å². The maximum atomic E-state index is 11.3. The number of likely N-dealkylation sites (N-methyl/N-ethyl adjacent to an activating group) is 1. The van der Waals surface area contributed by atoms with Gasteiger partial charge in [0.2, 0.25) is 11.8 Å². The molecule has 2 aromatic heterocycles. The van der Waals surface area contributed by atoms with Gasteiger partial charge >= 0.3 is 0 Å². The predicted octanol–water partition coefficient (Wildman–Crippen LogP) is 1.89. The number of carbonyl (C=O) groups is 1. The average Bonchev–Trinajstić information content (AvgIpc) is 2.78. The first-order chi connectivity index (χ1) is 9.40. The third-order valence-electron chi connectivity index (χ3n) is 2.53. The first-order valence-corrected chi connectivity index (χ1v) is 6.31. The summed E-state index contributed by atoms with van der Waals surface area (Å²) in [6.07, 6.45) is 6.38. The van der Waals surface area contributed by atoms with E-state index in [9.17, 15) is 4.79 Å². The van der Waals surface area contributed by atoms with Crippen molar-refractivity contribution in [3.05, 3.63) is 24.2 Å². The number of aromatic amines is 1. The van der Waals surface area contributed by atoms with E-state index in [4.69, 9.17) is 4.74 Å². The highest BCUT2D eigenvalue weighted by Gasteiger charge is 2.17. The number of aromatic nitrogens is 3. The van der Waals surface area contributed by atoms with Crippen LogP contribution in [0.3, 0.4) is 0 Å². The number of ether oxygens (including phenoxy) is 1. The number of H-pyrrole nitrogens is 1. The molecule has 0 aliphatic rings. The van der Waals surface area contributed by atoms with Crippen molar-refractivity contribution < 1.29 is 9.53 Å². The standard InChI is InChI=1S/C14H18N4O2/c1-14(2,3)20-13-11-9(5-6-10(19)15-4)7-16-12(11)17-8-18-13/h5-8H,1-4H3,(H,15,19)(H,16,17,18)/b6-5+. The minimum Gasteiger partial charge on any atom is -0.471 e. The summed E-state index contributed by atoms with van der Waals surface area (Å²) in [7, 11) is 1.58. The molecular formula is C14H18N4O2. The van der Waals surface area contributed by atoms with E-state index in [2.05, 4.69) is 20.3 Å². The van der Waals surface area contributed by atoms with Crippen molar-refractivity contribution in [2.75, 3.05) is 7.05 Å². The number of hydrogen-bond donors (Lipinski definition) is 2. The van der Waals surface area contributed by atoms with Gasteiger partial charge in [0.05, 0.1) is 5.39 Å². The average molecular weight is 274 g/mol. The number of rotatable bonds is 3. The Hall–Kier alpha value is -2.37. The van der Waals surface area contributed by atoms with Gasteiger partial charge in [-0.3, -0.25) is 4.79 Å². The number of fused-ring (bicyclic) bond motifs is 1. The molecule has 6 heteroatoms. The molecule has 0 aliphatic carbocycles. The summed E-state index contributed by atoms with van der Waals surface area (Å²) in [4.78, 5) is 22.7. The Morgan fingerprint density at radius 1 is 1.40 bits per heavy atom. The van der Waals surface area contributed by atoms with Crippen LogP contribution in [0.15, 0.2) is 18.6 Å². The first kappa shape index (κ1) is 14.0. The van der Waals surface area contributed by atoms with Gasteiger partial charge in [0.25, 0.3) is 0 Å². The summed E-state index contributed by atoms with van der Waals surface area (Å²) in [5.41, 5.74) is 1.12. The van der Waals surface area contributed by atoms with Crippen LogP contribution in [0.5, 0.6) is 5.88 Å². The highest BCUT2D eigenvalue weighted by Crippen LogP contribution is 2.28. The highest BCUT2D eigenvalue weighted by atomic mass is 16.5. The van der Waals surface area contributed by atoms with Crippen LogP contribution in [0, 0.1) is 0 Å². The molecule has 1 amide bonds. The largest absolute Gasteiger partial charge is 0.471 e. The Labute approximate surface area is 117 Å². The lowest BCUT2D eigenvalue weighted by molar-refractivity contribution is -0.115. The van der Waals surface area contributed by atoms with Gasteiger partial charge in [-0.25, -0.2) is 9.97 Å². The summed E-state index contributed by atoms with van der Waals surface area (Å²) in [6.45, 7) is 5.86. The molecule has 0 unspecified atom stereocenters. The molecule has 0 fully saturated rings. The number of carbonyl (C=O) groups excluding carboxylic acids is 1. The van der Waals surface area contributed by atoms with Gasteiger partial charge in [-0.2, -0.15) is 0 Å². The second-order valence-corrected chi connectivity index (χ2v) is 5.31. The van der Waals surface area contributed by atoms with Crippen LogP contribution in [0.2, 0.25) is 0 Å². The topological polar surface area (TPSA) is 79.9 Å². The van der Waals surface area contributed by atoms with E-state index in [1.165, 1.54) is 12.4 Å². The van der Waals surface area contributed by atoms with Crippen molar-refractivity contribution in [3.8, 4) is 5.88 Å². The Bertz CT molecular complexity index is 653. The van der Waals surface area contributed by atoms with Crippen LogP contribution in [0.1, 0.15) is 26.3 Å². The Morgan fingerprint density at radius 2 is 2.15 bits per heavy atom. The van der Waals surface area contributed by atoms with E-state index >= 15 is 0 Å². The molecule has 2 aromatic rings. The van der Waals surface area contributed by atoms with Crippen molar-refractivity contribution in [2.24, 2.45) is 0 Å². The summed E-state index contributed by atoms with van der Waals surface area (Å²) < 4.78 is 5.84. The lowest BCUT2D eigenvalue weighted by Crippen LogP contribution is -2.23. The lowest BCUT2D eigenvalue weighted by Gasteiger charge is -2.20. The summed E-state index contributed by atoms with van der Waals surface area (Å²) in [5.74, 6) is 0.329. The molecule has 0 aliphatic heterocycles. The van der Waals surface area contributed by atoms with Crippen molar-refractivity contribution >= 4 is 23.0 Å². The summed E-state index contributed by atoms with van der Waals surface area (Å²) in [5, 5.41) is 3.30. The van der Waals surface area contributed by atoms with Crippen LogP contribution >= 0.6 is 0 Å². The van der Waals surface area contributed by atoms with Crippen molar-refractivity contribution in [2.45, 2.75) is 26.4 Å². The molecule has 106 valence electrons. The van der Waals surface area contributed by atoms with Crippen molar-refractivity contribution in [1.82, 2.24) is 20.3 Å². The maximum Gasteiger partial charge on any atom is 0.243 e. The molecule has 2 N–H and O–H groups in total. The van der Waals surface area contributed by atoms with E-state index in [0.29, 0.717) is 11.5 Å². The fourth-order valence-corrected chi connectivity index (χ4v) is 1.70. The van der Waals surface area contributed by atoms with E-state index in [1.54, 1.807) is 19.3 Å². The van der Waals surface area contributed by atoms with Gasteiger partial charge in [-0.1, -0.05) is 0 Å². The minimum atomic E-state index is -0.361. The number of nitrogens with zero attached hydrogens (tertiary/aromatic N) is 2.